The third kappa shape index (κ3) is 4.32. The maximum absolute atomic E-state index is 12.8. The van der Waals surface area contributed by atoms with Crippen LogP contribution in [0.4, 0.5) is 4.39 Å². The summed E-state index contributed by atoms with van der Waals surface area (Å²) < 4.78 is 12.8. The van der Waals surface area contributed by atoms with Crippen molar-refractivity contribution in [3.8, 4) is 0 Å². The zero-order chi connectivity index (χ0) is 12.1. The van der Waals surface area contributed by atoms with Crippen LogP contribution in [0, 0.1) is 5.82 Å². The molecule has 0 saturated carbocycles. The molecular formula is C14H20FNS. The highest BCUT2D eigenvalue weighted by Crippen LogP contribution is 2.17. The standard InChI is InChI=1S/C14H20FNS/c1-11(16-14-6-8-17-9-7-14)10-12-2-4-13(15)5-3-12/h2-5,11,14,16H,6-10H2,1H3. The predicted octanol–water partition coefficient (Wildman–Crippen LogP) is 3.24. The highest BCUT2D eigenvalue weighted by atomic mass is 32.2. The maximum atomic E-state index is 12.8. The monoisotopic (exact) mass is 253 g/mol. The minimum Gasteiger partial charge on any atom is -0.311 e. The lowest BCUT2D eigenvalue weighted by Gasteiger charge is -2.26. The topological polar surface area (TPSA) is 12.0 Å². The van der Waals surface area contributed by atoms with E-state index in [-0.39, 0.29) is 5.82 Å². The molecule has 3 heteroatoms. The molecular weight excluding hydrogens is 233 g/mol. The molecule has 1 aromatic rings. The van der Waals surface area contributed by atoms with Gasteiger partial charge in [0.2, 0.25) is 0 Å². The summed E-state index contributed by atoms with van der Waals surface area (Å²) in [4.78, 5) is 0. The van der Waals surface area contributed by atoms with Gasteiger partial charge in [0.05, 0.1) is 0 Å². The molecule has 1 N–H and O–H groups in total. The van der Waals surface area contributed by atoms with Gasteiger partial charge in [-0.25, -0.2) is 4.39 Å². The number of benzene rings is 1. The second-order valence-electron chi connectivity index (χ2n) is 4.78. The molecule has 0 radical (unpaired) electrons. The zero-order valence-corrected chi connectivity index (χ0v) is 11.1. The molecule has 0 amide bonds. The van der Waals surface area contributed by atoms with E-state index in [1.54, 1.807) is 12.1 Å². The molecule has 1 nitrogen and oxygen atoms in total. The first-order chi connectivity index (χ1) is 8.24. The van der Waals surface area contributed by atoms with Gasteiger partial charge >= 0.3 is 0 Å². The Hall–Kier alpha value is -0.540. The van der Waals surface area contributed by atoms with E-state index in [0.29, 0.717) is 12.1 Å². The molecule has 17 heavy (non-hydrogen) atoms. The summed E-state index contributed by atoms with van der Waals surface area (Å²) in [5, 5.41) is 3.67. The quantitative estimate of drug-likeness (QED) is 0.884. The Labute approximate surface area is 107 Å². The van der Waals surface area contributed by atoms with Gasteiger partial charge in [0.15, 0.2) is 0 Å². The van der Waals surface area contributed by atoms with E-state index in [1.807, 2.05) is 23.9 Å². The Balaban J connectivity index is 1.79. The van der Waals surface area contributed by atoms with Gasteiger partial charge in [-0.05, 0) is 55.4 Å². The summed E-state index contributed by atoms with van der Waals surface area (Å²) in [6.45, 7) is 2.21. The van der Waals surface area contributed by atoms with Gasteiger partial charge in [-0.15, -0.1) is 0 Å². The Kier molecular flexibility index (Phi) is 4.86. The molecule has 1 aliphatic rings. The van der Waals surface area contributed by atoms with Crippen molar-refractivity contribution in [1.82, 2.24) is 5.32 Å². The first kappa shape index (κ1) is 12.9. The van der Waals surface area contributed by atoms with Crippen LogP contribution in [0.25, 0.3) is 0 Å². The molecule has 1 atom stereocenters. The van der Waals surface area contributed by atoms with Gasteiger partial charge in [-0.3, -0.25) is 0 Å². The lowest BCUT2D eigenvalue weighted by molar-refractivity contribution is 0.421. The zero-order valence-electron chi connectivity index (χ0n) is 10.3. The molecule has 94 valence electrons. The number of rotatable bonds is 4. The molecule has 0 aliphatic carbocycles. The van der Waals surface area contributed by atoms with Gasteiger partial charge in [-0.1, -0.05) is 12.1 Å². The fraction of sp³-hybridized carbons (Fsp3) is 0.571. The molecule has 0 aromatic heterocycles. The maximum Gasteiger partial charge on any atom is 0.123 e. The number of hydrogen-bond acceptors (Lipinski definition) is 2. The van der Waals surface area contributed by atoms with Crippen LogP contribution >= 0.6 is 11.8 Å². The summed E-state index contributed by atoms with van der Waals surface area (Å²) >= 11 is 2.05. The van der Waals surface area contributed by atoms with Gasteiger partial charge in [0.1, 0.15) is 5.82 Å². The lowest BCUT2D eigenvalue weighted by atomic mass is 10.0. The highest BCUT2D eigenvalue weighted by molar-refractivity contribution is 7.99. The summed E-state index contributed by atoms with van der Waals surface area (Å²) in [7, 11) is 0. The van der Waals surface area contributed by atoms with Crippen molar-refractivity contribution >= 4 is 11.8 Å². The Morgan fingerprint density at radius 1 is 1.29 bits per heavy atom. The van der Waals surface area contributed by atoms with Crippen LogP contribution in [0.15, 0.2) is 24.3 Å². The van der Waals surface area contributed by atoms with Gasteiger partial charge in [-0.2, -0.15) is 11.8 Å². The molecule has 1 fully saturated rings. The van der Waals surface area contributed by atoms with Crippen LogP contribution in [0.2, 0.25) is 0 Å². The van der Waals surface area contributed by atoms with Crippen molar-refractivity contribution in [1.29, 1.82) is 0 Å². The van der Waals surface area contributed by atoms with E-state index in [1.165, 1.54) is 29.9 Å². The summed E-state index contributed by atoms with van der Waals surface area (Å²) in [5.41, 5.74) is 1.21. The van der Waals surface area contributed by atoms with Crippen molar-refractivity contribution < 1.29 is 4.39 Å². The molecule has 2 rings (SSSR count). The Morgan fingerprint density at radius 2 is 1.94 bits per heavy atom. The summed E-state index contributed by atoms with van der Waals surface area (Å²) in [5.74, 6) is 2.40. The van der Waals surface area contributed by atoms with Crippen molar-refractivity contribution in [2.24, 2.45) is 0 Å². The van der Waals surface area contributed by atoms with Crippen molar-refractivity contribution in [3.05, 3.63) is 35.6 Å². The molecule has 1 unspecified atom stereocenters. The fourth-order valence-electron chi connectivity index (χ4n) is 2.30. The van der Waals surface area contributed by atoms with Gasteiger partial charge < -0.3 is 5.32 Å². The smallest absolute Gasteiger partial charge is 0.123 e. The third-order valence-electron chi connectivity index (χ3n) is 3.20. The minimum absolute atomic E-state index is 0.154. The fourth-order valence-corrected chi connectivity index (χ4v) is 3.41. The average molecular weight is 253 g/mol. The molecule has 0 bridgehead atoms. The first-order valence-electron chi connectivity index (χ1n) is 6.32. The molecule has 0 spiro atoms. The summed E-state index contributed by atoms with van der Waals surface area (Å²) in [6.07, 6.45) is 3.53. The van der Waals surface area contributed by atoms with E-state index in [4.69, 9.17) is 0 Å². The minimum atomic E-state index is -0.154. The first-order valence-corrected chi connectivity index (χ1v) is 7.48. The summed E-state index contributed by atoms with van der Waals surface area (Å²) in [6, 6.07) is 7.98. The van der Waals surface area contributed by atoms with E-state index in [9.17, 15) is 4.39 Å². The van der Waals surface area contributed by atoms with Crippen molar-refractivity contribution in [3.63, 3.8) is 0 Å². The lowest BCUT2D eigenvalue weighted by Crippen LogP contribution is -2.39. The van der Waals surface area contributed by atoms with Crippen LogP contribution < -0.4 is 5.32 Å². The van der Waals surface area contributed by atoms with Crippen molar-refractivity contribution in [2.75, 3.05) is 11.5 Å². The SMILES string of the molecule is CC(Cc1ccc(F)cc1)NC1CCSCC1. The normalized spacial score (nSPS) is 19.2. The van der Waals surface area contributed by atoms with Crippen LogP contribution in [0.1, 0.15) is 25.3 Å². The van der Waals surface area contributed by atoms with E-state index in [2.05, 4.69) is 12.2 Å². The largest absolute Gasteiger partial charge is 0.311 e. The van der Waals surface area contributed by atoms with Crippen LogP contribution in [-0.4, -0.2) is 23.6 Å². The number of halogens is 1. The second-order valence-corrected chi connectivity index (χ2v) is 6.01. The number of hydrogen-bond donors (Lipinski definition) is 1. The van der Waals surface area contributed by atoms with E-state index < -0.39 is 0 Å². The van der Waals surface area contributed by atoms with E-state index >= 15 is 0 Å². The average Bonchev–Trinajstić information content (AvgIpc) is 2.33. The molecule has 1 heterocycles. The predicted molar refractivity (Wildman–Crippen MR) is 73.0 cm³/mol. The third-order valence-corrected chi connectivity index (χ3v) is 4.25. The van der Waals surface area contributed by atoms with Crippen LogP contribution in [0.3, 0.4) is 0 Å². The Bertz CT molecular complexity index is 333. The number of thioether (sulfide) groups is 1. The van der Waals surface area contributed by atoms with E-state index in [0.717, 1.165) is 6.42 Å². The number of nitrogens with one attached hydrogen (secondary N) is 1. The highest BCUT2D eigenvalue weighted by Gasteiger charge is 2.15. The van der Waals surface area contributed by atoms with Gasteiger partial charge in [0.25, 0.3) is 0 Å². The van der Waals surface area contributed by atoms with Crippen LogP contribution in [0.5, 0.6) is 0 Å². The second kappa shape index (κ2) is 6.41. The van der Waals surface area contributed by atoms with Gasteiger partial charge in [0, 0.05) is 12.1 Å². The van der Waals surface area contributed by atoms with Crippen LogP contribution in [-0.2, 0) is 6.42 Å². The molecule has 1 saturated heterocycles. The van der Waals surface area contributed by atoms with Crippen molar-refractivity contribution in [2.45, 2.75) is 38.3 Å². The molecule has 1 aliphatic heterocycles. The Morgan fingerprint density at radius 3 is 2.59 bits per heavy atom. The molecule has 1 aromatic carbocycles.